The van der Waals surface area contributed by atoms with Crippen LogP contribution in [0.25, 0.3) is 0 Å². The van der Waals surface area contributed by atoms with Crippen LogP contribution < -0.4 is 5.32 Å². The van der Waals surface area contributed by atoms with Gasteiger partial charge in [0.2, 0.25) is 5.91 Å². The monoisotopic (exact) mass is 270 g/mol. The normalized spacial score (nSPS) is 11.2. The summed E-state index contributed by atoms with van der Waals surface area (Å²) in [4.78, 5) is 15.7. The van der Waals surface area contributed by atoms with Crippen molar-refractivity contribution in [2.45, 2.75) is 31.6 Å². The lowest BCUT2D eigenvalue weighted by Gasteiger charge is -2.15. The van der Waals surface area contributed by atoms with Gasteiger partial charge in [-0.3, -0.25) is 9.78 Å². The summed E-state index contributed by atoms with van der Waals surface area (Å²) in [6, 6.07) is 3.89. The van der Waals surface area contributed by atoms with Crippen LogP contribution in [-0.4, -0.2) is 15.2 Å². The Kier molecular flexibility index (Phi) is 3.85. The minimum Gasteiger partial charge on any atom is -0.351 e. The molecule has 0 aliphatic heterocycles. The van der Waals surface area contributed by atoms with E-state index >= 15 is 0 Å². The summed E-state index contributed by atoms with van der Waals surface area (Å²) in [5.41, 5.74) is 1.98. The largest absolute Gasteiger partial charge is 0.351 e. The van der Waals surface area contributed by atoms with Crippen LogP contribution in [0.1, 0.15) is 25.1 Å². The van der Waals surface area contributed by atoms with Crippen LogP contribution in [0.3, 0.4) is 0 Å². The number of hydrogen-bond donors (Lipinski definition) is 1. The summed E-state index contributed by atoms with van der Waals surface area (Å²) < 4.78 is -0.523. The molecule has 0 bridgehead atoms. The summed E-state index contributed by atoms with van der Waals surface area (Å²) in [6.45, 7) is 6.08. The van der Waals surface area contributed by atoms with Gasteiger partial charge < -0.3 is 5.32 Å². The Morgan fingerprint density at radius 2 is 2.20 bits per heavy atom. The van der Waals surface area contributed by atoms with Crippen LogP contribution in [0.4, 0.5) is 0 Å². The fourth-order valence-electron chi connectivity index (χ4n) is 0.996. The molecule has 3 nitrogen and oxygen atoms in total. The molecule has 4 heteroatoms. The third-order valence-electron chi connectivity index (χ3n) is 1.97. The first-order valence-corrected chi connectivity index (χ1v) is 5.57. The third-order valence-corrected chi connectivity index (χ3v) is 2.33. The maximum Gasteiger partial charge on any atom is 0.236 e. The van der Waals surface area contributed by atoms with Crippen molar-refractivity contribution in [3.63, 3.8) is 0 Å². The number of aryl methyl sites for hydroxylation is 1. The molecule has 0 atom stereocenters. The number of amides is 1. The van der Waals surface area contributed by atoms with E-state index in [0.717, 1.165) is 11.3 Å². The molecular weight excluding hydrogens is 256 g/mol. The summed E-state index contributed by atoms with van der Waals surface area (Å²) in [5, 5.41) is 2.83. The third kappa shape index (κ3) is 4.00. The van der Waals surface area contributed by atoms with Crippen LogP contribution >= 0.6 is 15.9 Å². The topological polar surface area (TPSA) is 42.0 Å². The molecule has 1 N–H and O–H groups in total. The highest BCUT2D eigenvalue weighted by atomic mass is 79.9. The Labute approximate surface area is 98.4 Å². The van der Waals surface area contributed by atoms with Crippen LogP contribution in [0.15, 0.2) is 18.3 Å². The number of halogens is 1. The summed E-state index contributed by atoms with van der Waals surface area (Å²) in [7, 11) is 0. The van der Waals surface area contributed by atoms with Crippen molar-refractivity contribution in [1.29, 1.82) is 0 Å². The van der Waals surface area contributed by atoms with Crippen LogP contribution in [0.5, 0.6) is 0 Å². The quantitative estimate of drug-likeness (QED) is 0.856. The van der Waals surface area contributed by atoms with Gasteiger partial charge in [0.05, 0.1) is 4.32 Å². The van der Waals surface area contributed by atoms with E-state index in [2.05, 4.69) is 26.2 Å². The molecule has 0 radical (unpaired) electrons. The first kappa shape index (κ1) is 12.2. The van der Waals surface area contributed by atoms with E-state index in [9.17, 15) is 4.79 Å². The highest BCUT2D eigenvalue weighted by molar-refractivity contribution is 9.10. The van der Waals surface area contributed by atoms with E-state index in [1.54, 1.807) is 6.20 Å². The SMILES string of the molecule is Cc1ccc(CNC(=O)C(C)(C)Br)cn1. The average Bonchev–Trinajstić information content (AvgIpc) is 2.15. The second-order valence-corrected chi connectivity index (χ2v) is 5.95. The van der Waals surface area contributed by atoms with Gasteiger partial charge in [0.1, 0.15) is 0 Å². The van der Waals surface area contributed by atoms with Gasteiger partial charge >= 0.3 is 0 Å². The van der Waals surface area contributed by atoms with Crippen molar-refractivity contribution in [2.75, 3.05) is 0 Å². The lowest BCUT2D eigenvalue weighted by atomic mass is 10.2. The van der Waals surface area contributed by atoms with E-state index in [1.807, 2.05) is 32.9 Å². The molecule has 1 amide bonds. The van der Waals surface area contributed by atoms with Gasteiger partial charge in [-0.05, 0) is 32.4 Å². The van der Waals surface area contributed by atoms with Gasteiger partial charge in [0.15, 0.2) is 0 Å². The molecule has 0 aromatic carbocycles. The average molecular weight is 271 g/mol. The molecule has 0 saturated carbocycles. The fraction of sp³-hybridized carbons (Fsp3) is 0.455. The molecule has 1 aromatic rings. The molecular formula is C11H15BrN2O. The molecule has 0 aliphatic carbocycles. The van der Waals surface area contributed by atoms with Gasteiger partial charge in [-0.2, -0.15) is 0 Å². The zero-order valence-electron chi connectivity index (χ0n) is 9.17. The first-order valence-electron chi connectivity index (χ1n) is 4.78. The summed E-state index contributed by atoms with van der Waals surface area (Å²) in [6.07, 6.45) is 1.77. The predicted octanol–water partition coefficient (Wildman–Crippen LogP) is 2.18. The molecule has 1 heterocycles. The van der Waals surface area contributed by atoms with Gasteiger partial charge in [-0.25, -0.2) is 0 Å². The van der Waals surface area contributed by atoms with Crippen LogP contribution in [0.2, 0.25) is 0 Å². The van der Waals surface area contributed by atoms with E-state index in [4.69, 9.17) is 0 Å². The number of rotatable bonds is 3. The Hall–Kier alpha value is -0.900. The Morgan fingerprint density at radius 1 is 1.53 bits per heavy atom. The number of aromatic nitrogens is 1. The Bertz CT molecular complexity index is 341. The smallest absolute Gasteiger partial charge is 0.236 e. The highest BCUT2D eigenvalue weighted by Gasteiger charge is 2.22. The fourth-order valence-corrected chi connectivity index (χ4v) is 1.14. The number of nitrogens with one attached hydrogen (secondary N) is 1. The van der Waals surface area contributed by atoms with Crippen molar-refractivity contribution < 1.29 is 4.79 Å². The molecule has 0 spiro atoms. The Balaban J connectivity index is 2.51. The Morgan fingerprint density at radius 3 is 2.67 bits per heavy atom. The van der Waals surface area contributed by atoms with Crippen LogP contribution in [-0.2, 0) is 11.3 Å². The molecule has 0 fully saturated rings. The van der Waals surface area contributed by atoms with Gasteiger partial charge in [-0.1, -0.05) is 22.0 Å². The molecule has 0 unspecified atom stereocenters. The predicted molar refractivity (Wildman–Crippen MR) is 63.8 cm³/mol. The number of carbonyl (C=O) groups is 1. The molecule has 1 aromatic heterocycles. The second-order valence-electron chi connectivity index (χ2n) is 3.96. The number of pyridine rings is 1. The van der Waals surface area contributed by atoms with E-state index in [1.165, 1.54) is 0 Å². The summed E-state index contributed by atoms with van der Waals surface area (Å²) >= 11 is 3.30. The molecule has 82 valence electrons. The lowest BCUT2D eigenvalue weighted by molar-refractivity contribution is -0.122. The number of hydrogen-bond acceptors (Lipinski definition) is 2. The van der Waals surface area contributed by atoms with E-state index in [-0.39, 0.29) is 5.91 Å². The van der Waals surface area contributed by atoms with Crippen molar-refractivity contribution in [3.05, 3.63) is 29.6 Å². The lowest BCUT2D eigenvalue weighted by Crippen LogP contribution is -2.37. The number of alkyl halides is 1. The minimum atomic E-state index is -0.523. The van der Waals surface area contributed by atoms with Gasteiger partial charge in [0, 0.05) is 18.4 Å². The van der Waals surface area contributed by atoms with Gasteiger partial charge in [-0.15, -0.1) is 0 Å². The van der Waals surface area contributed by atoms with E-state index in [0.29, 0.717) is 6.54 Å². The summed E-state index contributed by atoms with van der Waals surface area (Å²) in [5.74, 6) is -0.0249. The zero-order chi connectivity index (χ0) is 11.5. The number of carbonyl (C=O) groups excluding carboxylic acids is 1. The van der Waals surface area contributed by atoms with E-state index < -0.39 is 4.32 Å². The van der Waals surface area contributed by atoms with Gasteiger partial charge in [0.25, 0.3) is 0 Å². The maximum atomic E-state index is 11.5. The first-order chi connectivity index (χ1) is 6.89. The molecule has 0 saturated heterocycles. The second kappa shape index (κ2) is 4.75. The molecule has 1 rings (SSSR count). The standard InChI is InChI=1S/C11H15BrN2O/c1-8-4-5-9(6-13-8)7-14-10(15)11(2,3)12/h4-6H,7H2,1-3H3,(H,14,15). The maximum absolute atomic E-state index is 11.5. The van der Waals surface area contributed by atoms with Crippen LogP contribution in [0, 0.1) is 6.92 Å². The number of nitrogens with zero attached hydrogens (tertiary/aromatic N) is 1. The van der Waals surface area contributed by atoms with Crippen molar-refractivity contribution in [1.82, 2.24) is 10.3 Å². The van der Waals surface area contributed by atoms with Crippen molar-refractivity contribution in [3.8, 4) is 0 Å². The molecule has 0 aliphatic rings. The zero-order valence-corrected chi connectivity index (χ0v) is 10.8. The van der Waals surface area contributed by atoms with Crippen molar-refractivity contribution in [2.24, 2.45) is 0 Å². The highest BCUT2D eigenvalue weighted by Crippen LogP contribution is 2.15. The molecule has 15 heavy (non-hydrogen) atoms. The minimum absolute atomic E-state index is 0.0249. The van der Waals surface area contributed by atoms with Crippen molar-refractivity contribution >= 4 is 21.8 Å².